The van der Waals surface area contributed by atoms with Crippen LogP contribution in [0.5, 0.6) is 0 Å². The first kappa shape index (κ1) is 13.0. The van der Waals surface area contributed by atoms with E-state index in [4.69, 9.17) is 0 Å². The monoisotopic (exact) mass is 306 g/mol. The highest BCUT2D eigenvalue weighted by Crippen LogP contribution is 2.07. The number of hydrogen-bond donors (Lipinski definition) is 0. The number of rotatable bonds is 4. The lowest BCUT2D eigenvalue weighted by Gasteiger charge is -1.95. The fourth-order valence-electron chi connectivity index (χ4n) is 1.27. The summed E-state index contributed by atoms with van der Waals surface area (Å²) in [6.45, 7) is 0. The van der Waals surface area contributed by atoms with Crippen LogP contribution in [0.15, 0.2) is 12.4 Å². The zero-order chi connectivity index (χ0) is 15.7. The molecule has 0 aliphatic rings. The quantitative estimate of drug-likeness (QED) is 0.389. The lowest BCUT2D eigenvalue weighted by molar-refractivity contribution is -0.389. The molecule has 0 fully saturated rings. The van der Waals surface area contributed by atoms with Gasteiger partial charge in [-0.3, -0.25) is 0 Å². The predicted octanol–water partition coefficient (Wildman–Crippen LogP) is -1.76. The third-order valence-corrected chi connectivity index (χ3v) is 2.20. The Kier molecular flexibility index (Phi) is 2.87. The summed E-state index contributed by atoms with van der Waals surface area (Å²) in [7, 11) is 0. The minimum absolute atomic E-state index is 0.182. The molecule has 0 saturated carbocycles. The first-order valence-corrected chi connectivity index (χ1v) is 5.26. The Bertz CT molecular complexity index is 779. The van der Waals surface area contributed by atoms with Gasteiger partial charge < -0.3 is 20.2 Å². The van der Waals surface area contributed by atoms with Crippen molar-refractivity contribution in [1.29, 1.82) is 0 Å². The first-order valence-electron chi connectivity index (χ1n) is 5.26. The van der Waals surface area contributed by atoms with Gasteiger partial charge in [-0.05, 0) is 9.85 Å². The van der Waals surface area contributed by atoms with Crippen LogP contribution in [0.3, 0.4) is 0 Å². The topological polar surface area (TPSA) is 199 Å². The van der Waals surface area contributed by atoms with Gasteiger partial charge in [0, 0.05) is 0 Å². The Morgan fingerprint density at radius 3 is 1.36 bits per heavy atom. The standard InChI is InChI=1S/C6H2N12O4/c19-17(20)3-1-15(13-7-3)5-9-11-6(12-10-5)16-2-4(8-14-16)18(21)22/h1-2H. The Labute approximate surface area is 117 Å². The van der Waals surface area contributed by atoms with E-state index in [9.17, 15) is 20.2 Å². The molecular formula is C6H2N12O4. The van der Waals surface area contributed by atoms with E-state index in [1.54, 1.807) is 0 Å². The van der Waals surface area contributed by atoms with Crippen molar-refractivity contribution in [3.05, 3.63) is 32.6 Å². The van der Waals surface area contributed by atoms with Crippen LogP contribution in [0.2, 0.25) is 0 Å². The van der Waals surface area contributed by atoms with Gasteiger partial charge in [0.1, 0.15) is 22.6 Å². The maximum atomic E-state index is 10.5. The lowest BCUT2D eigenvalue weighted by atomic mass is 10.7. The Morgan fingerprint density at radius 1 is 0.727 bits per heavy atom. The van der Waals surface area contributed by atoms with E-state index in [0.717, 1.165) is 21.8 Å². The largest absolute Gasteiger partial charge is 0.411 e. The van der Waals surface area contributed by atoms with Gasteiger partial charge in [-0.15, -0.1) is 20.4 Å². The van der Waals surface area contributed by atoms with E-state index in [1.165, 1.54) is 0 Å². The van der Waals surface area contributed by atoms with Crippen molar-refractivity contribution in [2.45, 2.75) is 0 Å². The highest BCUT2D eigenvalue weighted by Gasteiger charge is 2.18. The van der Waals surface area contributed by atoms with Gasteiger partial charge in [-0.2, -0.15) is 9.36 Å². The molecule has 16 nitrogen and oxygen atoms in total. The molecule has 0 aliphatic carbocycles. The molecular weight excluding hydrogens is 304 g/mol. The summed E-state index contributed by atoms with van der Waals surface area (Å²) in [6, 6.07) is 0. The molecule has 22 heavy (non-hydrogen) atoms. The number of hydrogen-bond acceptors (Lipinski definition) is 12. The molecule has 0 saturated heterocycles. The van der Waals surface area contributed by atoms with Gasteiger partial charge >= 0.3 is 11.6 Å². The Morgan fingerprint density at radius 2 is 1.09 bits per heavy atom. The summed E-state index contributed by atoms with van der Waals surface area (Å²) >= 11 is 0. The van der Waals surface area contributed by atoms with Crippen molar-refractivity contribution >= 4 is 11.6 Å². The van der Waals surface area contributed by atoms with Crippen molar-refractivity contribution < 1.29 is 9.85 Å². The molecule has 0 aliphatic heterocycles. The number of nitro groups is 2. The van der Waals surface area contributed by atoms with Crippen molar-refractivity contribution in [1.82, 2.24) is 50.4 Å². The predicted molar refractivity (Wildman–Crippen MR) is 60.8 cm³/mol. The minimum atomic E-state index is -0.743. The van der Waals surface area contributed by atoms with Crippen LogP contribution in [-0.2, 0) is 0 Å². The molecule has 0 N–H and O–H groups in total. The van der Waals surface area contributed by atoms with Crippen molar-refractivity contribution in [3.8, 4) is 11.9 Å². The van der Waals surface area contributed by atoms with Gasteiger partial charge in [-0.25, -0.2) is 0 Å². The summed E-state index contributed by atoms with van der Waals surface area (Å²) in [4.78, 5) is 19.5. The zero-order valence-corrected chi connectivity index (χ0v) is 10.2. The summed E-state index contributed by atoms with van der Waals surface area (Å²) in [6.07, 6.45) is 1.94. The van der Waals surface area contributed by atoms with E-state index in [-0.39, 0.29) is 11.9 Å². The molecule has 0 bridgehead atoms. The van der Waals surface area contributed by atoms with Gasteiger partial charge in [0.05, 0.1) is 10.4 Å². The van der Waals surface area contributed by atoms with Crippen LogP contribution < -0.4 is 0 Å². The van der Waals surface area contributed by atoms with Crippen LogP contribution in [0.25, 0.3) is 11.9 Å². The van der Waals surface area contributed by atoms with Gasteiger partial charge in [0.25, 0.3) is 11.9 Å². The van der Waals surface area contributed by atoms with Gasteiger partial charge in [-0.1, -0.05) is 0 Å². The number of aromatic nitrogens is 10. The molecule has 0 amide bonds. The zero-order valence-electron chi connectivity index (χ0n) is 10.2. The molecule has 16 heteroatoms. The fraction of sp³-hybridized carbons (Fsp3) is 0. The van der Waals surface area contributed by atoms with E-state index in [2.05, 4.69) is 41.0 Å². The van der Waals surface area contributed by atoms with Crippen LogP contribution >= 0.6 is 0 Å². The summed E-state index contributed by atoms with van der Waals surface area (Å²) in [5.41, 5.74) is 0. The van der Waals surface area contributed by atoms with Crippen molar-refractivity contribution in [2.24, 2.45) is 0 Å². The second kappa shape index (κ2) is 4.85. The smallest absolute Gasteiger partial charge is 0.358 e. The molecule has 0 radical (unpaired) electrons. The highest BCUT2D eigenvalue weighted by atomic mass is 16.6. The lowest BCUT2D eigenvalue weighted by Crippen LogP contribution is -2.10. The molecule has 0 aromatic carbocycles. The van der Waals surface area contributed by atoms with E-state index in [0.29, 0.717) is 0 Å². The molecule has 0 spiro atoms. The molecule has 0 atom stereocenters. The molecule has 3 aromatic rings. The SMILES string of the molecule is O=[N+]([O-])c1cn(-c2nnc(-n3cc([N+](=O)[O-])nn3)nn2)nn1. The van der Waals surface area contributed by atoms with Crippen LogP contribution in [0.4, 0.5) is 11.6 Å². The molecule has 3 rings (SSSR count). The van der Waals surface area contributed by atoms with E-state index < -0.39 is 21.5 Å². The molecule has 3 aromatic heterocycles. The van der Waals surface area contributed by atoms with Crippen molar-refractivity contribution in [2.75, 3.05) is 0 Å². The van der Waals surface area contributed by atoms with Crippen molar-refractivity contribution in [3.63, 3.8) is 0 Å². The molecule has 0 unspecified atom stereocenters. The fourth-order valence-corrected chi connectivity index (χ4v) is 1.27. The Balaban J connectivity index is 1.88. The molecule has 110 valence electrons. The Hall–Kier alpha value is -3.98. The second-order valence-corrected chi connectivity index (χ2v) is 3.56. The normalized spacial score (nSPS) is 10.5. The summed E-state index contributed by atoms with van der Waals surface area (Å²) in [5.74, 6) is -1.36. The van der Waals surface area contributed by atoms with Gasteiger partial charge in [0.2, 0.25) is 0 Å². The maximum Gasteiger partial charge on any atom is 0.411 e. The van der Waals surface area contributed by atoms with Gasteiger partial charge in [0.15, 0.2) is 0 Å². The maximum absolute atomic E-state index is 10.5. The average molecular weight is 306 g/mol. The molecule has 3 heterocycles. The third kappa shape index (κ3) is 2.26. The van der Waals surface area contributed by atoms with Crippen LogP contribution in [0.1, 0.15) is 0 Å². The summed E-state index contributed by atoms with van der Waals surface area (Å²) in [5, 5.41) is 48.8. The summed E-state index contributed by atoms with van der Waals surface area (Å²) < 4.78 is 1.79. The van der Waals surface area contributed by atoms with E-state index in [1.807, 2.05) is 0 Å². The van der Waals surface area contributed by atoms with Crippen LogP contribution in [-0.4, -0.2) is 60.2 Å². The minimum Gasteiger partial charge on any atom is -0.358 e. The third-order valence-electron chi connectivity index (χ3n) is 2.20. The van der Waals surface area contributed by atoms with E-state index >= 15 is 0 Å². The second-order valence-electron chi connectivity index (χ2n) is 3.56. The first-order chi connectivity index (χ1) is 10.5. The highest BCUT2D eigenvalue weighted by molar-refractivity contribution is 5.18. The average Bonchev–Trinajstić information content (AvgIpc) is 3.17. The van der Waals surface area contributed by atoms with Crippen LogP contribution in [0, 0.1) is 20.2 Å². The number of nitrogens with zero attached hydrogens (tertiary/aromatic N) is 12.